The van der Waals surface area contributed by atoms with Crippen molar-refractivity contribution in [2.45, 2.75) is 10.8 Å². The zero-order chi connectivity index (χ0) is 14.7. The van der Waals surface area contributed by atoms with Crippen LogP contribution in [-0.4, -0.2) is 13.4 Å². The highest BCUT2D eigenvalue weighted by Gasteiger charge is 2.16. The highest BCUT2D eigenvalue weighted by atomic mass is 32.2. The molecule has 108 valence electrons. The lowest BCUT2D eigenvalue weighted by Crippen LogP contribution is -2.22. The number of nitrogens with zero attached hydrogens (tertiary/aromatic N) is 1. The third-order valence-electron chi connectivity index (χ3n) is 2.86. The Morgan fingerprint density at radius 3 is 2.81 bits per heavy atom. The van der Waals surface area contributed by atoms with E-state index >= 15 is 0 Å². The van der Waals surface area contributed by atoms with Crippen LogP contribution in [0.3, 0.4) is 0 Å². The first-order chi connectivity index (χ1) is 10.2. The predicted molar refractivity (Wildman–Crippen MR) is 80.3 cm³/mol. The van der Waals surface area contributed by atoms with Crippen LogP contribution < -0.4 is 4.72 Å². The molecule has 0 aromatic carbocycles. The molecule has 0 aliphatic heterocycles. The van der Waals surface area contributed by atoms with Crippen molar-refractivity contribution in [2.24, 2.45) is 0 Å². The Labute approximate surface area is 126 Å². The van der Waals surface area contributed by atoms with E-state index in [2.05, 4.69) is 9.71 Å². The summed E-state index contributed by atoms with van der Waals surface area (Å²) < 4.78 is 32.4. The second kappa shape index (κ2) is 5.80. The lowest BCUT2D eigenvalue weighted by molar-refractivity contribution is 0.576. The molecule has 3 rings (SSSR count). The standard InChI is InChI=1S/C14H12N2O3S2/c17-21(18,13-6-3-9-20-13)16-10-11-4-1-7-15-14(11)12-5-2-8-19-12/h1-9,16H,10H2. The summed E-state index contributed by atoms with van der Waals surface area (Å²) in [5, 5.41) is 1.73. The molecule has 0 fully saturated rings. The lowest BCUT2D eigenvalue weighted by atomic mass is 10.1. The summed E-state index contributed by atoms with van der Waals surface area (Å²) in [6.45, 7) is 0.157. The maximum atomic E-state index is 12.1. The SMILES string of the molecule is O=S(=O)(NCc1cccnc1-c1ccco1)c1cccs1. The molecule has 0 unspecified atom stereocenters. The van der Waals surface area contributed by atoms with E-state index in [0.717, 1.165) is 5.56 Å². The molecule has 3 aromatic heterocycles. The number of pyridine rings is 1. The minimum absolute atomic E-state index is 0.157. The lowest BCUT2D eigenvalue weighted by Gasteiger charge is -2.08. The van der Waals surface area contributed by atoms with Gasteiger partial charge in [-0.3, -0.25) is 4.98 Å². The number of hydrogen-bond donors (Lipinski definition) is 1. The number of sulfonamides is 1. The minimum Gasteiger partial charge on any atom is -0.463 e. The Balaban J connectivity index is 1.84. The summed E-state index contributed by atoms with van der Waals surface area (Å²) >= 11 is 1.18. The van der Waals surface area contributed by atoms with E-state index in [1.165, 1.54) is 11.3 Å². The quantitative estimate of drug-likeness (QED) is 0.784. The molecule has 0 aliphatic carbocycles. The van der Waals surface area contributed by atoms with Gasteiger partial charge in [0, 0.05) is 12.7 Å². The first-order valence-electron chi connectivity index (χ1n) is 6.18. The van der Waals surface area contributed by atoms with Gasteiger partial charge in [-0.1, -0.05) is 12.1 Å². The van der Waals surface area contributed by atoms with Crippen LogP contribution in [0.2, 0.25) is 0 Å². The fourth-order valence-corrected chi connectivity index (χ4v) is 3.92. The van der Waals surface area contributed by atoms with Gasteiger partial charge in [-0.05, 0) is 35.2 Å². The molecular formula is C14H12N2O3S2. The predicted octanol–water partition coefficient (Wildman–Crippen LogP) is 2.88. The largest absolute Gasteiger partial charge is 0.463 e. The van der Waals surface area contributed by atoms with Crippen molar-refractivity contribution in [1.82, 2.24) is 9.71 Å². The van der Waals surface area contributed by atoms with E-state index in [1.54, 1.807) is 48.2 Å². The Morgan fingerprint density at radius 1 is 1.19 bits per heavy atom. The number of nitrogens with one attached hydrogen (secondary N) is 1. The number of furan rings is 1. The highest BCUT2D eigenvalue weighted by molar-refractivity contribution is 7.91. The topological polar surface area (TPSA) is 72.2 Å². The van der Waals surface area contributed by atoms with Gasteiger partial charge in [-0.15, -0.1) is 11.3 Å². The van der Waals surface area contributed by atoms with Gasteiger partial charge in [-0.2, -0.15) is 0 Å². The van der Waals surface area contributed by atoms with Gasteiger partial charge < -0.3 is 4.42 Å². The first-order valence-corrected chi connectivity index (χ1v) is 8.54. The number of aromatic nitrogens is 1. The average Bonchev–Trinajstić information content (AvgIpc) is 3.18. The zero-order valence-corrected chi connectivity index (χ0v) is 12.5. The van der Waals surface area contributed by atoms with Crippen LogP contribution >= 0.6 is 11.3 Å². The van der Waals surface area contributed by atoms with Gasteiger partial charge in [0.15, 0.2) is 5.76 Å². The highest BCUT2D eigenvalue weighted by Crippen LogP contribution is 2.22. The van der Waals surface area contributed by atoms with Crippen molar-refractivity contribution in [2.75, 3.05) is 0 Å². The summed E-state index contributed by atoms with van der Waals surface area (Å²) in [5.74, 6) is 0.612. The van der Waals surface area contributed by atoms with Crippen molar-refractivity contribution < 1.29 is 12.8 Å². The van der Waals surface area contributed by atoms with E-state index in [-0.39, 0.29) is 6.54 Å². The zero-order valence-electron chi connectivity index (χ0n) is 10.9. The second-order valence-electron chi connectivity index (χ2n) is 4.25. The van der Waals surface area contributed by atoms with Crippen LogP contribution in [0.5, 0.6) is 0 Å². The Kier molecular flexibility index (Phi) is 3.87. The molecular weight excluding hydrogens is 308 g/mol. The number of thiophene rings is 1. The first kappa shape index (κ1) is 14.0. The minimum atomic E-state index is -3.49. The van der Waals surface area contributed by atoms with E-state index < -0.39 is 10.0 Å². The monoisotopic (exact) mass is 320 g/mol. The van der Waals surface area contributed by atoms with Crippen molar-refractivity contribution in [3.63, 3.8) is 0 Å². The molecule has 0 atom stereocenters. The van der Waals surface area contributed by atoms with E-state index in [9.17, 15) is 8.42 Å². The molecule has 5 nitrogen and oxygen atoms in total. The van der Waals surface area contributed by atoms with Crippen molar-refractivity contribution >= 4 is 21.4 Å². The molecule has 0 saturated carbocycles. The fourth-order valence-electron chi connectivity index (χ4n) is 1.88. The fraction of sp³-hybridized carbons (Fsp3) is 0.0714. The van der Waals surface area contributed by atoms with E-state index in [1.807, 2.05) is 6.07 Å². The Bertz CT molecular complexity index is 810. The molecule has 3 aromatic rings. The third kappa shape index (κ3) is 3.05. The van der Waals surface area contributed by atoms with E-state index in [0.29, 0.717) is 15.7 Å². The van der Waals surface area contributed by atoms with Crippen molar-refractivity contribution in [3.8, 4) is 11.5 Å². The van der Waals surface area contributed by atoms with Gasteiger partial charge in [0.1, 0.15) is 9.90 Å². The van der Waals surface area contributed by atoms with Crippen LogP contribution in [-0.2, 0) is 16.6 Å². The van der Waals surface area contributed by atoms with Crippen LogP contribution in [0.25, 0.3) is 11.5 Å². The van der Waals surface area contributed by atoms with Gasteiger partial charge >= 0.3 is 0 Å². The molecule has 0 radical (unpaired) electrons. The molecule has 7 heteroatoms. The van der Waals surface area contributed by atoms with E-state index in [4.69, 9.17) is 4.42 Å². The molecule has 21 heavy (non-hydrogen) atoms. The molecule has 1 N–H and O–H groups in total. The van der Waals surface area contributed by atoms with Gasteiger partial charge in [0.05, 0.1) is 6.26 Å². The van der Waals surface area contributed by atoms with Crippen LogP contribution in [0.1, 0.15) is 5.56 Å². The maximum Gasteiger partial charge on any atom is 0.250 e. The maximum absolute atomic E-state index is 12.1. The molecule has 0 spiro atoms. The molecule has 0 aliphatic rings. The summed E-state index contributed by atoms with van der Waals surface area (Å²) in [6, 6.07) is 10.4. The van der Waals surface area contributed by atoms with Crippen LogP contribution in [0.4, 0.5) is 0 Å². The van der Waals surface area contributed by atoms with Crippen LogP contribution in [0, 0.1) is 0 Å². The van der Waals surface area contributed by atoms with Crippen LogP contribution in [0.15, 0.2) is 62.9 Å². The summed E-state index contributed by atoms with van der Waals surface area (Å²) in [4.78, 5) is 4.26. The average molecular weight is 320 g/mol. The number of rotatable bonds is 5. The second-order valence-corrected chi connectivity index (χ2v) is 7.19. The molecule has 0 saturated heterocycles. The van der Waals surface area contributed by atoms with Gasteiger partial charge in [0.25, 0.3) is 0 Å². The molecule has 0 amide bonds. The van der Waals surface area contributed by atoms with Gasteiger partial charge in [0.2, 0.25) is 10.0 Å². The normalized spacial score (nSPS) is 11.6. The summed E-state index contributed by atoms with van der Waals surface area (Å²) in [7, 11) is -3.49. The Hall–Kier alpha value is -1.96. The van der Waals surface area contributed by atoms with Crippen molar-refractivity contribution in [3.05, 3.63) is 59.8 Å². The molecule has 3 heterocycles. The third-order valence-corrected chi connectivity index (χ3v) is 5.66. The van der Waals surface area contributed by atoms with Gasteiger partial charge in [-0.25, -0.2) is 13.1 Å². The summed E-state index contributed by atoms with van der Waals surface area (Å²) in [6.07, 6.45) is 3.21. The van der Waals surface area contributed by atoms with Crippen molar-refractivity contribution in [1.29, 1.82) is 0 Å². The Morgan fingerprint density at radius 2 is 2.10 bits per heavy atom. The molecule has 0 bridgehead atoms. The summed E-state index contributed by atoms with van der Waals surface area (Å²) in [5.41, 5.74) is 1.39. The smallest absolute Gasteiger partial charge is 0.250 e. The number of hydrogen-bond acceptors (Lipinski definition) is 5.